The first-order valence-electron chi connectivity index (χ1n) is 19.3. The number of hydrogen-bond acceptors (Lipinski definition) is 6. The van der Waals surface area contributed by atoms with Crippen molar-refractivity contribution in [1.29, 1.82) is 0 Å². The van der Waals surface area contributed by atoms with Gasteiger partial charge < -0.3 is 29.2 Å². The zero-order valence-corrected chi connectivity index (χ0v) is 35.4. The molecule has 0 aromatic heterocycles. The molecule has 0 aromatic carbocycles. The Balaban J connectivity index is 1.92. The van der Waals surface area contributed by atoms with E-state index in [4.69, 9.17) is 18.9 Å². The number of rotatable bonds is 17. The molecule has 6 heteroatoms. The second kappa shape index (κ2) is 22.9. The molecular weight excluding hydrogens is 673 g/mol. The molecule has 1 aliphatic heterocycles. The molecule has 0 bridgehead atoms. The van der Waals surface area contributed by atoms with Crippen LogP contribution in [0.2, 0.25) is 0 Å². The van der Waals surface area contributed by atoms with E-state index in [0.29, 0.717) is 0 Å². The Morgan fingerprint density at radius 2 is 1.22 bits per heavy atom. The quantitative estimate of drug-likeness (QED) is 0.145. The molecule has 0 aromatic rings. The van der Waals surface area contributed by atoms with Gasteiger partial charge >= 0.3 is 0 Å². The van der Waals surface area contributed by atoms with E-state index in [1.165, 1.54) is 55.8 Å². The Kier molecular flexibility index (Phi) is 19.8. The summed E-state index contributed by atoms with van der Waals surface area (Å²) in [5.74, 6) is 0. The van der Waals surface area contributed by atoms with E-state index in [0.717, 1.165) is 16.7 Å². The van der Waals surface area contributed by atoms with Gasteiger partial charge in [0.1, 0.15) is 24.4 Å². The maximum atomic E-state index is 10.8. The topological polar surface area (TPSA) is 77.4 Å². The van der Waals surface area contributed by atoms with Gasteiger partial charge in [-0.2, -0.15) is 0 Å². The van der Waals surface area contributed by atoms with Gasteiger partial charge in [0.15, 0.2) is 6.29 Å². The highest BCUT2D eigenvalue weighted by Gasteiger charge is 2.46. The molecule has 2 N–H and O–H groups in total. The van der Waals surface area contributed by atoms with Crippen molar-refractivity contribution < 1.29 is 29.2 Å². The van der Waals surface area contributed by atoms with Crippen molar-refractivity contribution in [3.05, 3.63) is 142 Å². The fourth-order valence-corrected chi connectivity index (χ4v) is 6.49. The zero-order valence-electron chi connectivity index (χ0n) is 35.4. The summed E-state index contributed by atoms with van der Waals surface area (Å²) < 4.78 is 23.0. The fraction of sp³-hybridized carbons (Fsp3) is 0.500. The normalized spacial score (nSPS) is 26.6. The van der Waals surface area contributed by atoms with Gasteiger partial charge in [0, 0.05) is 14.2 Å². The van der Waals surface area contributed by atoms with Gasteiger partial charge in [0.25, 0.3) is 0 Å². The van der Waals surface area contributed by atoms with Gasteiger partial charge in [-0.1, -0.05) is 151 Å². The van der Waals surface area contributed by atoms with Gasteiger partial charge in [0.05, 0.1) is 11.7 Å². The SMILES string of the molecule is COC1C(C)OC(OC(C=CC(C)=CC=CC(C)=CC=CC(C)=CC=CC=C(C)C=CC=C(C)C=CC2=C(C)CCCC2(C)C)C(C)(C)O)C(OC)C1O. The first kappa shape index (κ1) is 46.8. The highest BCUT2D eigenvalue weighted by atomic mass is 16.7. The summed E-state index contributed by atoms with van der Waals surface area (Å²) in [5, 5.41) is 21.6. The molecule has 0 spiro atoms. The van der Waals surface area contributed by atoms with Gasteiger partial charge in [0.2, 0.25) is 0 Å². The van der Waals surface area contributed by atoms with Crippen LogP contribution in [0.5, 0.6) is 0 Å². The third-order valence-electron chi connectivity index (χ3n) is 9.85. The van der Waals surface area contributed by atoms with E-state index in [1.54, 1.807) is 19.9 Å². The first-order chi connectivity index (χ1) is 25.4. The smallest absolute Gasteiger partial charge is 0.187 e. The van der Waals surface area contributed by atoms with Crippen LogP contribution in [0.25, 0.3) is 0 Å². The van der Waals surface area contributed by atoms with Crippen LogP contribution in [-0.2, 0) is 18.9 Å². The van der Waals surface area contributed by atoms with Gasteiger partial charge in [-0.05, 0) is 92.6 Å². The monoisotopic (exact) mass is 743 g/mol. The third-order valence-corrected chi connectivity index (χ3v) is 9.85. The molecule has 1 fully saturated rings. The van der Waals surface area contributed by atoms with Crippen LogP contribution < -0.4 is 0 Å². The van der Waals surface area contributed by atoms with Crippen molar-refractivity contribution in [2.75, 3.05) is 14.2 Å². The number of aliphatic hydroxyl groups is 2. The predicted octanol–water partition coefficient (Wildman–Crippen LogP) is 10.9. The Bertz CT molecular complexity index is 1580. The summed E-state index contributed by atoms with van der Waals surface area (Å²) in [5.41, 5.74) is 7.75. The lowest BCUT2D eigenvalue weighted by Crippen LogP contribution is -2.60. The Labute approximate surface area is 328 Å². The van der Waals surface area contributed by atoms with Crippen LogP contribution in [0.3, 0.4) is 0 Å². The van der Waals surface area contributed by atoms with Gasteiger partial charge in [-0.25, -0.2) is 0 Å². The van der Waals surface area contributed by atoms with Crippen LogP contribution in [0, 0.1) is 5.41 Å². The van der Waals surface area contributed by atoms with E-state index >= 15 is 0 Å². The Morgan fingerprint density at radius 1 is 0.759 bits per heavy atom. The van der Waals surface area contributed by atoms with Gasteiger partial charge in [-0.3, -0.25) is 0 Å². The minimum atomic E-state index is -1.21. The first-order valence-corrected chi connectivity index (χ1v) is 19.3. The second-order valence-corrected chi connectivity index (χ2v) is 16.0. The Hall–Kier alpha value is -3.36. The highest BCUT2D eigenvalue weighted by molar-refractivity contribution is 5.37. The highest BCUT2D eigenvalue weighted by Crippen LogP contribution is 2.40. The molecular formula is C48H70O6. The average molecular weight is 743 g/mol. The van der Waals surface area contributed by atoms with Gasteiger partial charge in [-0.15, -0.1) is 0 Å². The number of aliphatic hydroxyl groups excluding tert-OH is 1. The minimum absolute atomic E-state index is 0.264. The second-order valence-electron chi connectivity index (χ2n) is 16.0. The molecule has 0 amide bonds. The molecule has 54 heavy (non-hydrogen) atoms. The summed E-state index contributed by atoms with van der Waals surface area (Å²) in [6, 6.07) is 0. The van der Waals surface area contributed by atoms with Crippen LogP contribution in [-0.4, -0.2) is 66.8 Å². The summed E-state index contributed by atoms with van der Waals surface area (Å²) in [4.78, 5) is 0. The van der Waals surface area contributed by atoms with Crippen molar-refractivity contribution in [2.24, 2.45) is 5.41 Å². The molecule has 1 saturated heterocycles. The molecule has 6 nitrogen and oxygen atoms in total. The largest absolute Gasteiger partial charge is 0.387 e. The van der Waals surface area contributed by atoms with E-state index in [9.17, 15) is 10.2 Å². The summed E-state index contributed by atoms with van der Waals surface area (Å²) in [6.45, 7) is 22.5. The van der Waals surface area contributed by atoms with Crippen LogP contribution in [0.15, 0.2) is 142 Å². The number of methoxy groups -OCH3 is 2. The molecule has 6 atom stereocenters. The summed E-state index contributed by atoms with van der Waals surface area (Å²) in [6.07, 6.45) is 34.8. The van der Waals surface area contributed by atoms with E-state index in [2.05, 4.69) is 115 Å². The molecule has 298 valence electrons. The molecule has 1 heterocycles. The van der Waals surface area contributed by atoms with Crippen molar-refractivity contribution in [2.45, 2.75) is 138 Å². The summed E-state index contributed by atoms with van der Waals surface area (Å²) >= 11 is 0. The molecule has 0 saturated carbocycles. The standard InChI is InChI=1S/C48H70O6/c1-34(20-14-15-21-35(2)23-17-26-37(4)29-31-41-39(6)28-19-33-47(41,8)9)22-16-24-36(3)25-18-27-38(5)30-32-42(48(10,11)50)54-46-45(52-13)43(49)44(51-12)40(7)53-46/h14-18,20-27,29-32,40,42-46,49-50H,19,28,33H2,1-13H3. The molecule has 0 radical (unpaired) electrons. The fourth-order valence-electron chi connectivity index (χ4n) is 6.49. The number of allylic oxidation sites excluding steroid dienone is 23. The number of ether oxygens (including phenoxy) is 4. The van der Waals surface area contributed by atoms with Crippen molar-refractivity contribution in [3.8, 4) is 0 Å². The lowest BCUT2D eigenvalue weighted by Gasteiger charge is -2.44. The van der Waals surface area contributed by atoms with Crippen molar-refractivity contribution >= 4 is 0 Å². The molecule has 6 unspecified atom stereocenters. The average Bonchev–Trinajstić information content (AvgIpc) is 3.07. The van der Waals surface area contributed by atoms with E-state index < -0.39 is 42.4 Å². The lowest BCUT2D eigenvalue weighted by atomic mass is 9.72. The van der Waals surface area contributed by atoms with Crippen LogP contribution in [0.4, 0.5) is 0 Å². The third kappa shape index (κ3) is 16.2. The lowest BCUT2D eigenvalue weighted by molar-refractivity contribution is -0.316. The maximum absolute atomic E-state index is 10.8. The Morgan fingerprint density at radius 3 is 1.69 bits per heavy atom. The predicted molar refractivity (Wildman–Crippen MR) is 227 cm³/mol. The minimum Gasteiger partial charge on any atom is -0.387 e. The number of hydrogen-bond donors (Lipinski definition) is 2. The summed E-state index contributed by atoms with van der Waals surface area (Å²) in [7, 11) is 3.01. The van der Waals surface area contributed by atoms with Crippen LogP contribution in [0.1, 0.15) is 95.4 Å². The maximum Gasteiger partial charge on any atom is 0.187 e. The van der Waals surface area contributed by atoms with Crippen molar-refractivity contribution in [1.82, 2.24) is 0 Å². The van der Waals surface area contributed by atoms with E-state index in [-0.39, 0.29) is 5.41 Å². The van der Waals surface area contributed by atoms with Crippen molar-refractivity contribution in [3.63, 3.8) is 0 Å². The molecule has 2 rings (SSSR count). The molecule has 2 aliphatic rings. The molecule has 1 aliphatic carbocycles. The van der Waals surface area contributed by atoms with E-state index in [1.807, 2.05) is 44.2 Å². The van der Waals surface area contributed by atoms with Crippen LogP contribution >= 0.6 is 0 Å². The zero-order chi connectivity index (χ0) is 40.5.